The molecule has 0 amide bonds. The van der Waals surface area contributed by atoms with Crippen LogP contribution in [0.25, 0.3) is 0 Å². The third kappa shape index (κ3) is 6.91. The fourth-order valence-corrected chi connectivity index (χ4v) is 2.17. The Balaban J connectivity index is 2.86. The summed E-state index contributed by atoms with van der Waals surface area (Å²) >= 11 is 0. The van der Waals surface area contributed by atoms with Crippen molar-refractivity contribution in [1.29, 1.82) is 0 Å². The van der Waals surface area contributed by atoms with Crippen molar-refractivity contribution >= 4 is 5.69 Å². The zero-order valence-corrected chi connectivity index (χ0v) is 14.6. The van der Waals surface area contributed by atoms with E-state index in [0.717, 1.165) is 32.6 Å². The molecule has 1 N–H and O–H groups in total. The monoisotopic (exact) mass is 292 g/mol. The van der Waals surface area contributed by atoms with Gasteiger partial charge in [-0.15, -0.1) is 0 Å². The van der Waals surface area contributed by atoms with Crippen LogP contribution in [0.2, 0.25) is 0 Å². The summed E-state index contributed by atoms with van der Waals surface area (Å²) in [6, 6.07) is 2.14. The van der Waals surface area contributed by atoms with E-state index in [1.165, 1.54) is 11.3 Å². The molecule has 0 unspecified atom stereocenters. The smallest absolute Gasteiger partial charge is 0.0443 e. The average molecular weight is 292 g/mol. The first-order chi connectivity index (χ1) is 9.83. The molecule has 0 spiro atoms. The number of pyridine rings is 1. The third-order valence-electron chi connectivity index (χ3n) is 3.34. The molecule has 120 valence electrons. The van der Waals surface area contributed by atoms with Crippen LogP contribution in [-0.4, -0.2) is 49.2 Å². The molecule has 0 fully saturated rings. The van der Waals surface area contributed by atoms with Gasteiger partial charge < -0.3 is 15.1 Å². The van der Waals surface area contributed by atoms with Crippen molar-refractivity contribution in [2.75, 3.05) is 38.6 Å². The van der Waals surface area contributed by atoms with E-state index in [1.807, 2.05) is 12.4 Å². The SMILES string of the molecule is CCCN(CCN(C)C)c1ccncc1CNC(C)(C)C. The lowest BCUT2D eigenvalue weighted by molar-refractivity contribution is 0.411. The van der Waals surface area contributed by atoms with Crippen molar-refractivity contribution in [1.82, 2.24) is 15.2 Å². The first-order valence-electron chi connectivity index (χ1n) is 7.91. The number of aromatic nitrogens is 1. The topological polar surface area (TPSA) is 31.4 Å². The molecule has 1 heterocycles. The Labute approximate surface area is 130 Å². The highest BCUT2D eigenvalue weighted by molar-refractivity contribution is 5.52. The van der Waals surface area contributed by atoms with Gasteiger partial charge in [-0.05, 0) is 47.4 Å². The zero-order valence-electron chi connectivity index (χ0n) is 14.6. The molecule has 1 rings (SSSR count). The quantitative estimate of drug-likeness (QED) is 0.798. The Bertz CT molecular complexity index is 409. The minimum atomic E-state index is 0.117. The van der Waals surface area contributed by atoms with Crippen molar-refractivity contribution in [2.45, 2.75) is 46.2 Å². The summed E-state index contributed by atoms with van der Waals surface area (Å²) < 4.78 is 0. The minimum absolute atomic E-state index is 0.117. The van der Waals surface area contributed by atoms with E-state index in [2.05, 4.69) is 68.0 Å². The number of anilines is 1. The van der Waals surface area contributed by atoms with E-state index < -0.39 is 0 Å². The van der Waals surface area contributed by atoms with Crippen LogP contribution < -0.4 is 10.2 Å². The van der Waals surface area contributed by atoms with Gasteiger partial charge in [-0.1, -0.05) is 6.92 Å². The van der Waals surface area contributed by atoms with Gasteiger partial charge >= 0.3 is 0 Å². The summed E-state index contributed by atoms with van der Waals surface area (Å²) in [6.45, 7) is 12.9. The summed E-state index contributed by atoms with van der Waals surface area (Å²) in [5.74, 6) is 0. The largest absolute Gasteiger partial charge is 0.370 e. The molecule has 0 aromatic carbocycles. The molecule has 21 heavy (non-hydrogen) atoms. The van der Waals surface area contributed by atoms with Crippen molar-refractivity contribution in [2.24, 2.45) is 0 Å². The lowest BCUT2D eigenvalue weighted by Gasteiger charge is -2.29. The summed E-state index contributed by atoms with van der Waals surface area (Å²) in [7, 11) is 4.25. The summed E-state index contributed by atoms with van der Waals surface area (Å²) in [5, 5.41) is 3.56. The number of hydrogen-bond donors (Lipinski definition) is 1. The highest BCUT2D eigenvalue weighted by Gasteiger charge is 2.14. The van der Waals surface area contributed by atoms with Gasteiger partial charge in [0, 0.05) is 55.4 Å². The van der Waals surface area contributed by atoms with Crippen LogP contribution in [-0.2, 0) is 6.54 Å². The third-order valence-corrected chi connectivity index (χ3v) is 3.34. The number of nitrogens with zero attached hydrogens (tertiary/aromatic N) is 3. The van der Waals surface area contributed by atoms with Crippen LogP contribution in [0.1, 0.15) is 39.7 Å². The van der Waals surface area contributed by atoms with Crippen LogP contribution in [0.3, 0.4) is 0 Å². The van der Waals surface area contributed by atoms with E-state index in [1.54, 1.807) is 0 Å². The number of likely N-dealkylation sites (N-methyl/N-ethyl adjacent to an activating group) is 1. The second-order valence-corrected chi connectivity index (χ2v) is 6.90. The Morgan fingerprint density at radius 3 is 2.43 bits per heavy atom. The van der Waals surface area contributed by atoms with Gasteiger partial charge in [-0.3, -0.25) is 4.98 Å². The summed E-state index contributed by atoms with van der Waals surface area (Å²) in [5.41, 5.74) is 2.71. The maximum Gasteiger partial charge on any atom is 0.0443 e. The summed E-state index contributed by atoms with van der Waals surface area (Å²) in [4.78, 5) is 9.01. The Morgan fingerprint density at radius 2 is 1.86 bits per heavy atom. The molecule has 4 heteroatoms. The van der Waals surface area contributed by atoms with Crippen LogP contribution in [0.15, 0.2) is 18.5 Å². The minimum Gasteiger partial charge on any atom is -0.370 e. The van der Waals surface area contributed by atoms with E-state index in [9.17, 15) is 0 Å². The van der Waals surface area contributed by atoms with Crippen LogP contribution in [0.5, 0.6) is 0 Å². The first-order valence-corrected chi connectivity index (χ1v) is 7.91. The van der Waals surface area contributed by atoms with Gasteiger partial charge in [0.05, 0.1) is 0 Å². The van der Waals surface area contributed by atoms with Gasteiger partial charge in [-0.25, -0.2) is 0 Å². The van der Waals surface area contributed by atoms with Crippen molar-refractivity contribution in [3.63, 3.8) is 0 Å². The van der Waals surface area contributed by atoms with Gasteiger partial charge in [0.1, 0.15) is 0 Å². The van der Waals surface area contributed by atoms with Gasteiger partial charge in [0.2, 0.25) is 0 Å². The summed E-state index contributed by atoms with van der Waals surface area (Å²) in [6.07, 6.45) is 5.04. The molecule has 0 bridgehead atoms. The van der Waals surface area contributed by atoms with Crippen LogP contribution >= 0.6 is 0 Å². The van der Waals surface area contributed by atoms with E-state index in [0.29, 0.717) is 0 Å². The predicted octanol–water partition coefficient (Wildman–Crippen LogP) is 2.75. The second kappa shape index (κ2) is 8.35. The lowest BCUT2D eigenvalue weighted by Crippen LogP contribution is -2.37. The molecule has 0 aliphatic carbocycles. The molecule has 0 saturated heterocycles. The van der Waals surface area contributed by atoms with Crippen molar-refractivity contribution in [3.8, 4) is 0 Å². The molecule has 0 aliphatic heterocycles. The molecule has 1 aromatic rings. The maximum absolute atomic E-state index is 4.31. The van der Waals surface area contributed by atoms with E-state index >= 15 is 0 Å². The molecule has 0 atom stereocenters. The second-order valence-electron chi connectivity index (χ2n) is 6.90. The fourth-order valence-electron chi connectivity index (χ4n) is 2.17. The van der Waals surface area contributed by atoms with Crippen molar-refractivity contribution in [3.05, 3.63) is 24.0 Å². The highest BCUT2D eigenvalue weighted by atomic mass is 15.2. The van der Waals surface area contributed by atoms with E-state index in [-0.39, 0.29) is 5.54 Å². The predicted molar refractivity (Wildman–Crippen MR) is 91.9 cm³/mol. The van der Waals surface area contributed by atoms with Crippen molar-refractivity contribution < 1.29 is 0 Å². The van der Waals surface area contributed by atoms with E-state index in [4.69, 9.17) is 0 Å². The molecule has 0 aliphatic rings. The molecular weight excluding hydrogens is 260 g/mol. The molecule has 1 aromatic heterocycles. The first kappa shape index (κ1) is 17.9. The lowest BCUT2D eigenvalue weighted by atomic mass is 10.1. The van der Waals surface area contributed by atoms with Crippen LogP contribution in [0.4, 0.5) is 5.69 Å². The van der Waals surface area contributed by atoms with Crippen LogP contribution in [0, 0.1) is 0 Å². The highest BCUT2D eigenvalue weighted by Crippen LogP contribution is 2.20. The molecular formula is C17H32N4. The number of nitrogens with one attached hydrogen (secondary N) is 1. The Morgan fingerprint density at radius 1 is 1.14 bits per heavy atom. The Hall–Kier alpha value is -1.13. The molecule has 4 nitrogen and oxygen atoms in total. The van der Waals surface area contributed by atoms with Gasteiger partial charge in [-0.2, -0.15) is 0 Å². The average Bonchev–Trinajstić information content (AvgIpc) is 2.40. The molecule has 0 saturated carbocycles. The molecule has 0 radical (unpaired) electrons. The maximum atomic E-state index is 4.31. The fraction of sp³-hybridized carbons (Fsp3) is 0.706. The van der Waals surface area contributed by atoms with Gasteiger partial charge in [0.15, 0.2) is 0 Å². The zero-order chi connectivity index (χ0) is 15.9. The van der Waals surface area contributed by atoms with Gasteiger partial charge in [0.25, 0.3) is 0 Å². The number of rotatable bonds is 8. The Kier molecular flexibility index (Phi) is 7.12. The normalized spacial score (nSPS) is 12.0. The standard InChI is InChI=1S/C17H32N4/c1-7-10-21(12-11-20(5)6)16-8-9-18-13-15(16)14-19-17(2,3)4/h8-9,13,19H,7,10-12,14H2,1-6H3. The number of hydrogen-bond acceptors (Lipinski definition) is 4.